The van der Waals surface area contributed by atoms with Crippen LogP contribution in [0.5, 0.6) is 0 Å². The van der Waals surface area contributed by atoms with Crippen LogP contribution in [-0.4, -0.2) is 48.0 Å². The highest BCUT2D eigenvalue weighted by molar-refractivity contribution is 7.99. The Labute approximate surface area is 154 Å². The molecule has 0 saturated heterocycles. The summed E-state index contributed by atoms with van der Waals surface area (Å²) in [7, 11) is -3.73. The van der Waals surface area contributed by atoms with Crippen molar-refractivity contribution < 1.29 is 13.2 Å². The van der Waals surface area contributed by atoms with Gasteiger partial charge < -0.3 is 4.90 Å². The number of nitrogens with zero attached hydrogens (tertiary/aromatic N) is 3. The van der Waals surface area contributed by atoms with Gasteiger partial charge >= 0.3 is 0 Å². The number of carbonyl (C=O) groups excluding carboxylic acids is 1. The number of aromatic nitrogens is 2. The summed E-state index contributed by atoms with van der Waals surface area (Å²) in [5.74, 6) is 0.513. The van der Waals surface area contributed by atoms with E-state index in [9.17, 15) is 13.2 Å². The molecule has 0 fully saturated rings. The number of nitrogens with one attached hydrogen (secondary N) is 1. The van der Waals surface area contributed by atoms with E-state index < -0.39 is 10.0 Å². The Morgan fingerprint density at radius 2 is 2.16 bits per heavy atom. The zero-order valence-corrected chi connectivity index (χ0v) is 16.3. The van der Waals surface area contributed by atoms with E-state index in [1.807, 2.05) is 12.3 Å². The van der Waals surface area contributed by atoms with Gasteiger partial charge in [0, 0.05) is 13.1 Å². The van der Waals surface area contributed by atoms with Crippen molar-refractivity contribution in [3.63, 3.8) is 0 Å². The third kappa shape index (κ3) is 4.13. The molecule has 1 aromatic carbocycles. The lowest BCUT2D eigenvalue weighted by Crippen LogP contribution is -2.37. The molecule has 1 N–H and O–H groups in total. The topological polar surface area (TPSA) is 92.3 Å². The van der Waals surface area contributed by atoms with Crippen molar-refractivity contribution in [1.82, 2.24) is 15.1 Å². The normalized spacial score (nSPS) is 14.2. The smallest absolute Gasteiger partial charge is 0.263 e. The zero-order chi connectivity index (χ0) is 18.0. The van der Waals surface area contributed by atoms with E-state index in [0.717, 1.165) is 17.5 Å². The molecular weight excluding hydrogens is 380 g/mol. The number of amides is 1. The first-order valence-electron chi connectivity index (χ1n) is 7.60. The third-order valence-corrected chi connectivity index (χ3v) is 6.62. The van der Waals surface area contributed by atoms with Gasteiger partial charge in [-0.2, -0.15) is 11.8 Å². The number of anilines is 1. The van der Waals surface area contributed by atoms with Crippen LogP contribution in [0.15, 0.2) is 23.1 Å². The molecule has 3 rings (SSSR count). The second-order valence-electron chi connectivity index (χ2n) is 5.66. The summed E-state index contributed by atoms with van der Waals surface area (Å²) in [6, 6.07) is 5.06. The highest BCUT2D eigenvalue weighted by atomic mass is 32.2. The fraction of sp³-hybridized carbons (Fsp3) is 0.400. The lowest BCUT2D eigenvalue weighted by molar-refractivity contribution is -0.129. The molecule has 2 aromatic rings. The van der Waals surface area contributed by atoms with Crippen molar-refractivity contribution in [2.45, 2.75) is 24.8 Å². The highest BCUT2D eigenvalue weighted by Gasteiger charge is 2.23. The van der Waals surface area contributed by atoms with E-state index in [1.54, 1.807) is 24.0 Å². The van der Waals surface area contributed by atoms with Gasteiger partial charge in [0.2, 0.25) is 11.0 Å². The average Bonchev–Trinajstić information content (AvgIpc) is 2.98. The van der Waals surface area contributed by atoms with Crippen molar-refractivity contribution in [3.05, 3.63) is 34.3 Å². The van der Waals surface area contributed by atoms with Crippen LogP contribution >= 0.6 is 23.1 Å². The molecule has 1 aliphatic heterocycles. The molecule has 0 spiro atoms. The van der Waals surface area contributed by atoms with E-state index in [4.69, 9.17) is 0 Å². The summed E-state index contributed by atoms with van der Waals surface area (Å²) < 4.78 is 27.6. The summed E-state index contributed by atoms with van der Waals surface area (Å²) in [6.07, 6.45) is 2.63. The van der Waals surface area contributed by atoms with Gasteiger partial charge in [-0.25, -0.2) is 8.42 Å². The average molecular weight is 399 g/mol. The van der Waals surface area contributed by atoms with Crippen molar-refractivity contribution in [1.29, 1.82) is 0 Å². The number of rotatable bonds is 5. The highest BCUT2D eigenvalue weighted by Crippen LogP contribution is 2.25. The first kappa shape index (κ1) is 18.2. The Hall–Kier alpha value is -1.65. The Kier molecular flexibility index (Phi) is 5.30. The van der Waals surface area contributed by atoms with Gasteiger partial charge in [0.1, 0.15) is 5.01 Å². The summed E-state index contributed by atoms with van der Waals surface area (Å²) in [5.41, 5.74) is 1.95. The monoisotopic (exact) mass is 398 g/mol. The van der Waals surface area contributed by atoms with Gasteiger partial charge in [-0.1, -0.05) is 17.4 Å². The maximum Gasteiger partial charge on any atom is 0.263 e. The van der Waals surface area contributed by atoms with Crippen LogP contribution in [0.4, 0.5) is 5.13 Å². The van der Waals surface area contributed by atoms with Crippen molar-refractivity contribution >= 4 is 44.2 Å². The molecule has 7 nitrogen and oxygen atoms in total. The molecule has 2 heterocycles. The largest absolute Gasteiger partial charge is 0.337 e. The Morgan fingerprint density at radius 1 is 1.36 bits per heavy atom. The van der Waals surface area contributed by atoms with Gasteiger partial charge in [0.15, 0.2) is 0 Å². The number of aryl methyl sites for hydroxylation is 1. The number of sulfonamides is 1. The minimum Gasteiger partial charge on any atom is -0.337 e. The van der Waals surface area contributed by atoms with Crippen LogP contribution in [0.2, 0.25) is 0 Å². The van der Waals surface area contributed by atoms with E-state index >= 15 is 0 Å². The third-order valence-electron chi connectivity index (χ3n) is 3.87. The van der Waals surface area contributed by atoms with Gasteiger partial charge in [-0.3, -0.25) is 9.52 Å². The van der Waals surface area contributed by atoms with Crippen LogP contribution in [0.1, 0.15) is 16.1 Å². The first-order valence-corrected chi connectivity index (χ1v) is 11.3. The fourth-order valence-electron chi connectivity index (χ4n) is 2.64. The molecule has 0 saturated carbocycles. The molecule has 0 bridgehead atoms. The van der Waals surface area contributed by atoms with Crippen molar-refractivity contribution in [3.8, 4) is 0 Å². The van der Waals surface area contributed by atoms with E-state index in [0.29, 0.717) is 23.8 Å². The predicted octanol–water partition coefficient (Wildman–Crippen LogP) is 1.90. The summed E-state index contributed by atoms with van der Waals surface area (Å²) in [4.78, 5) is 14.0. The summed E-state index contributed by atoms with van der Waals surface area (Å²) in [6.45, 7) is 2.87. The molecule has 25 heavy (non-hydrogen) atoms. The molecule has 134 valence electrons. The fourth-order valence-corrected chi connectivity index (χ4v) is 4.94. The molecule has 1 amide bonds. The second-order valence-corrected chi connectivity index (χ2v) is 9.39. The number of fused-ring (bicyclic) bond motifs is 1. The molecule has 1 aliphatic rings. The van der Waals surface area contributed by atoms with Gasteiger partial charge in [-0.05, 0) is 42.9 Å². The van der Waals surface area contributed by atoms with Crippen LogP contribution < -0.4 is 4.72 Å². The Balaban J connectivity index is 1.83. The number of benzene rings is 1. The number of carbonyl (C=O) groups is 1. The van der Waals surface area contributed by atoms with Gasteiger partial charge in [0.05, 0.1) is 10.6 Å². The predicted molar refractivity (Wildman–Crippen MR) is 99.4 cm³/mol. The quantitative estimate of drug-likeness (QED) is 0.827. The number of hydrogen-bond donors (Lipinski definition) is 1. The van der Waals surface area contributed by atoms with E-state index in [-0.39, 0.29) is 15.9 Å². The molecule has 0 atom stereocenters. The zero-order valence-electron chi connectivity index (χ0n) is 13.9. The van der Waals surface area contributed by atoms with Gasteiger partial charge in [0.25, 0.3) is 10.0 Å². The van der Waals surface area contributed by atoms with Crippen LogP contribution in [0, 0.1) is 6.92 Å². The van der Waals surface area contributed by atoms with Crippen LogP contribution in [0.3, 0.4) is 0 Å². The Bertz CT molecular complexity index is 895. The standard InChI is InChI=1S/C15H18N4O3S3/c1-10-16-17-15(24-10)18-25(21,22)13-4-3-11-5-6-19(8-12(11)7-13)14(20)9-23-2/h3-4,7H,5-6,8-9H2,1-2H3,(H,17,18). The van der Waals surface area contributed by atoms with Crippen LogP contribution in [-0.2, 0) is 27.8 Å². The molecule has 0 unspecified atom stereocenters. The maximum atomic E-state index is 12.6. The summed E-state index contributed by atoms with van der Waals surface area (Å²) >= 11 is 2.67. The number of hydrogen-bond acceptors (Lipinski definition) is 7. The maximum absolute atomic E-state index is 12.6. The lowest BCUT2D eigenvalue weighted by Gasteiger charge is -2.29. The summed E-state index contributed by atoms with van der Waals surface area (Å²) in [5, 5.41) is 8.53. The molecule has 1 aromatic heterocycles. The molecule has 0 aliphatic carbocycles. The lowest BCUT2D eigenvalue weighted by atomic mass is 10.00. The minimum absolute atomic E-state index is 0.0777. The van der Waals surface area contributed by atoms with E-state index in [2.05, 4.69) is 14.9 Å². The number of thioether (sulfide) groups is 1. The van der Waals surface area contributed by atoms with Crippen molar-refractivity contribution in [2.24, 2.45) is 0 Å². The second kappa shape index (κ2) is 7.30. The van der Waals surface area contributed by atoms with E-state index in [1.165, 1.54) is 23.1 Å². The Morgan fingerprint density at radius 3 is 2.84 bits per heavy atom. The molecule has 10 heteroatoms. The van der Waals surface area contributed by atoms with Crippen molar-refractivity contribution in [2.75, 3.05) is 23.3 Å². The molecular formula is C15H18N4O3S3. The SMILES string of the molecule is CSCC(=O)N1CCc2ccc(S(=O)(=O)Nc3nnc(C)s3)cc2C1. The first-order chi connectivity index (χ1) is 11.9. The van der Waals surface area contributed by atoms with Crippen LogP contribution in [0.25, 0.3) is 0 Å². The van der Waals surface area contributed by atoms with Gasteiger partial charge in [-0.15, -0.1) is 10.2 Å². The molecule has 0 radical (unpaired) electrons. The minimum atomic E-state index is -3.73.